The average molecular weight is 505 g/mol. The van der Waals surface area contributed by atoms with Crippen molar-refractivity contribution in [2.75, 3.05) is 20.2 Å². The number of carbonyl (C=O) groups is 1. The Morgan fingerprint density at radius 3 is 2.24 bits per heavy atom. The molecule has 0 radical (unpaired) electrons. The summed E-state index contributed by atoms with van der Waals surface area (Å²) in [4.78, 5) is 19.3. The molecule has 1 amide bonds. The molecule has 1 heterocycles. The molecule has 0 atom stereocenters. The first kappa shape index (κ1) is 25.3. The van der Waals surface area contributed by atoms with Crippen molar-refractivity contribution in [1.82, 2.24) is 4.90 Å². The molecule has 0 spiro atoms. The first-order chi connectivity index (χ1) is 18.7. The highest BCUT2D eigenvalue weighted by molar-refractivity contribution is 5.94. The number of amides is 1. The van der Waals surface area contributed by atoms with Gasteiger partial charge in [0.2, 0.25) is 0 Å². The van der Waals surface area contributed by atoms with Crippen LogP contribution in [0.2, 0.25) is 0 Å². The summed E-state index contributed by atoms with van der Waals surface area (Å²) in [6.45, 7) is 2.09. The van der Waals surface area contributed by atoms with Crippen molar-refractivity contribution in [3.8, 4) is 22.6 Å². The van der Waals surface area contributed by atoms with Crippen molar-refractivity contribution in [1.29, 1.82) is 0 Å². The first-order valence-corrected chi connectivity index (χ1v) is 13.1. The summed E-state index contributed by atoms with van der Waals surface area (Å²) in [6.07, 6.45) is 5.21. The monoisotopic (exact) mass is 504 g/mol. The fraction of sp³-hybridized carbons (Fsp3) is 0.212. The second kappa shape index (κ2) is 12.2. The van der Waals surface area contributed by atoms with Crippen LogP contribution in [0.15, 0.2) is 102 Å². The van der Waals surface area contributed by atoms with Gasteiger partial charge in [-0.25, -0.2) is 0 Å². The highest BCUT2D eigenvalue weighted by Gasteiger charge is 2.18. The van der Waals surface area contributed by atoms with Gasteiger partial charge in [-0.2, -0.15) is 0 Å². The van der Waals surface area contributed by atoms with Crippen molar-refractivity contribution in [3.05, 3.63) is 114 Å². The van der Waals surface area contributed by atoms with Gasteiger partial charge in [0, 0.05) is 24.9 Å². The van der Waals surface area contributed by atoms with Crippen molar-refractivity contribution in [3.63, 3.8) is 0 Å². The zero-order valence-electron chi connectivity index (χ0n) is 21.7. The lowest BCUT2D eigenvalue weighted by molar-refractivity contribution is 0.0724. The molecular weight excluding hydrogens is 472 g/mol. The van der Waals surface area contributed by atoms with Gasteiger partial charge < -0.3 is 14.4 Å². The third-order valence-corrected chi connectivity index (χ3v) is 6.76. The van der Waals surface area contributed by atoms with E-state index in [4.69, 9.17) is 9.47 Å². The molecule has 1 aliphatic rings. The van der Waals surface area contributed by atoms with Gasteiger partial charge in [-0.05, 0) is 84.0 Å². The molecule has 1 aliphatic heterocycles. The Kier molecular flexibility index (Phi) is 8.14. The van der Waals surface area contributed by atoms with Crippen LogP contribution in [0.25, 0.3) is 11.1 Å². The van der Waals surface area contributed by atoms with E-state index >= 15 is 0 Å². The molecule has 0 saturated carbocycles. The molecule has 0 bridgehead atoms. The number of rotatable bonds is 8. The number of hydrogen-bond donors (Lipinski definition) is 0. The second-order valence-electron chi connectivity index (χ2n) is 9.42. The summed E-state index contributed by atoms with van der Waals surface area (Å²) in [7, 11) is 1.63. The summed E-state index contributed by atoms with van der Waals surface area (Å²) >= 11 is 0. The van der Waals surface area contributed by atoms with Crippen LogP contribution in [0.3, 0.4) is 0 Å². The predicted octanol–water partition coefficient (Wildman–Crippen LogP) is 7.32. The van der Waals surface area contributed by atoms with Crippen LogP contribution < -0.4 is 9.47 Å². The van der Waals surface area contributed by atoms with Crippen LogP contribution in [0.1, 0.15) is 40.7 Å². The Labute approximate surface area is 224 Å². The Hall–Kier alpha value is -4.38. The van der Waals surface area contributed by atoms with Crippen LogP contribution in [0.5, 0.6) is 11.5 Å². The van der Waals surface area contributed by atoms with Crippen LogP contribution in [-0.2, 0) is 6.61 Å². The van der Waals surface area contributed by atoms with Crippen molar-refractivity contribution in [2.45, 2.75) is 25.9 Å². The lowest BCUT2D eigenvalue weighted by atomic mass is 10.1. The molecule has 38 heavy (non-hydrogen) atoms. The standard InChI is InChI=1S/C33H32N2O3/c1-37-32-22-26(23-34-30-17-15-28(16-18-30)27-8-4-2-5-9-27)12-19-31(32)38-24-25-10-13-29(14-11-25)33(36)35-20-6-3-7-21-35/h2,4-5,8-19,22-23H,3,6-7,20-21,24H2,1H3. The maximum absolute atomic E-state index is 12.7. The van der Waals surface area contributed by atoms with E-state index in [9.17, 15) is 4.79 Å². The molecule has 0 N–H and O–H groups in total. The predicted molar refractivity (Wildman–Crippen MR) is 153 cm³/mol. The van der Waals surface area contributed by atoms with E-state index in [0.717, 1.165) is 53.9 Å². The molecule has 0 aromatic heterocycles. The van der Waals surface area contributed by atoms with Gasteiger partial charge in [0.25, 0.3) is 5.91 Å². The highest BCUT2D eigenvalue weighted by atomic mass is 16.5. The average Bonchev–Trinajstić information content (AvgIpc) is 3.00. The number of hydrogen-bond acceptors (Lipinski definition) is 4. The highest BCUT2D eigenvalue weighted by Crippen LogP contribution is 2.29. The number of benzene rings is 4. The summed E-state index contributed by atoms with van der Waals surface area (Å²) < 4.78 is 11.6. The van der Waals surface area contributed by atoms with Gasteiger partial charge in [-0.3, -0.25) is 9.79 Å². The Balaban J connectivity index is 1.19. The largest absolute Gasteiger partial charge is 0.493 e. The summed E-state index contributed by atoms with van der Waals surface area (Å²) in [5, 5.41) is 0. The van der Waals surface area contributed by atoms with E-state index in [1.165, 1.54) is 12.0 Å². The van der Waals surface area contributed by atoms with E-state index in [-0.39, 0.29) is 5.91 Å². The van der Waals surface area contributed by atoms with Gasteiger partial charge >= 0.3 is 0 Å². The lowest BCUT2D eigenvalue weighted by Crippen LogP contribution is -2.35. The SMILES string of the molecule is COc1cc(C=Nc2ccc(-c3ccccc3)cc2)ccc1OCc1ccc(C(=O)N2CCCCC2)cc1. The minimum Gasteiger partial charge on any atom is -0.493 e. The molecule has 1 fully saturated rings. The molecule has 4 aromatic carbocycles. The number of nitrogens with zero attached hydrogens (tertiary/aromatic N) is 2. The fourth-order valence-electron chi connectivity index (χ4n) is 4.59. The van der Waals surface area contributed by atoms with Gasteiger partial charge in [-0.1, -0.05) is 54.6 Å². The number of carbonyl (C=O) groups excluding carboxylic acids is 1. The number of piperidine rings is 1. The van der Waals surface area contributed by atoms with Crippen LogP contribution in [-0.4, -0.2) is 37.2 Å². The third kappa shape index (κ3) is 6.30. The number of likely N-dealkylation sites (tertiary alicyclic amines) is 1. The molecule has 0 aliphatic carbocycles. The summed E-state index contributed by atoms with van der Waals surface area (Å²) in [5.41, 5.74) is 5.87. The van der Waals surface area contributed by atoms with Crippen molar-refractivity contribution >= 4 is 17.8 Å². The zero-order chi connectivity index (χ0) is 26.2. The van der Waals surface area contributed by atoms with Crippen LogP contribution in [0, 0.1) is 0 Å². The Morgan fingerprint density at radius 2 is 1.53 bits per heavy atom. The van der Waals surface area contributed by atoms with Gasteiger partial charge in [-0.15, -0.1) is 0 Å². The van der Waals surface area contributed by atoms with E-state index in [0.29, 0.717) is 18.1 Å². The molecule has 4 aromatic rings. The molecule has 0 unspecified atom stereocenters. The number of ether oxygens (including phenoxy) is 2. The maximum atomic E-state index is 12.7. The third-order valence-electron chi connectivity index (χ3n) is 6.76. The molecule has 192 valence electrons. The molecule has 1 saturated heterocycles. The normalized spacial score (nSPS) is 13.4. The summed E-state index contributed by atoms with van der Waals surface area (Å²) in [5.74, 6) is 1.42. The van der Waals surface area contributed by atoms with E-state index in [1.807, 2.05) is 83.9 Å². The first-order valence-electron chi connectivity index (χ1n) is 13.1. The topological polar surface area (TPSA) is 51.1 Å². The minimum atomic E-state index is 0.114. The van der Waals surface area contributed by atoms with Crippen LogP contribution >= 0.6 is 0 Å². The van der Waals surface area contributed by atoms with Crippen molar-refractivity contribution in [2.24, 2.45) is 4.99 Å². The maximum Gasteiger partial charge on any atom is 0.253 e. The molecule has 5 rings (SSSR count). The molecule has 5 nitrogen and oxygen atoms in total. The number of methoxy groups -OCH3 is 1. The van der Waals surface area contributed by atoms with E-state index in [1.54, 1.807) is 7.11 Å². The van der Waals surface area contributed by atoms with E-state index in [2.05, 4.69) is 29.3 Å². The molecule has 5 heteroatoms. The fourth-order valence-corrected chi connectivity index (χ4v) is 4.59. The van der Waals surface area contributed by atoms with E-state index < -0.39 is 0 Å². The summed E-state index contributed by atoms with van der Waals surface area (Å²) in [6, 6.07) is 31.9. The van der Waals surface area contributed by atoms with Crippen LogP contribution in [0.4, 0.5) is 5.69 Å². The van der Waals surface area contributed by atoms with Crippen molar-refractivity contribution < 1.29 is 14.3 Å². The lowest BCUT2D eigenvalue weighted by Gasteiger charge is -2.26. The van der Waals surface area contributed by atoms with Gasteiger partial charge in [0.05, 0.1) is 12.8 Å². The Bertz CT molecular complexity index is 1370. The quantitative estimate of drug-likeness (QED) is 0.236. The Morgan fingerprint density at radius 1 is 0.816 bits per heavy atom. The smallest absolute Gasteiger partial charge is 0.253 e. The molecular formula is C33H32N2O3. The number of aliphatic imine (C=N–C) groups is 1. The minimum absolute atomic E-state index is 0.114. The van der Waals surface area contributed by atoms with Gasteiger partial charge in [0.1, 0.15) is 6.61 Å². The van der Waals surface area contributed by atoms with Gasteiger partial charge in [0.15, 0.2) is 11.5 Å². The second-order valence-corrected chi connectivity index (χ2v) is 9.42. The zero-order valence-corrected chi connectivity index (χ0v) is 21.7.